The second kappa shape index (κ2) is 6.48. The van der Waals surface area contributed by atoms with Crippen molar-refractivity contribution in [2.75, 3.05) is 31.6 Å². The number of piperidine rings is 1. The van der Waals surface area contributed by atoms with Crippen molar-refractivity contribution in [3.05, 3.63) is 30.3 Å². The number of rotatable bonds is 4. The average Bonchev–Trinajstić information content (AvgIpc) is 2.48. The third kappa shape index (κ3) is 3.64. The highest BCUT2D eigenvalue weighted by atomic mass is 16.2. The molecule has 19 heavy (non-hydrogen) atoms. The first-order chi connectivity index (χ1) is 9.20. The molecule has 0 N–H and O–H groups in total. The van der Waals surface area contributed by atoms with E-state index in [-0.39, 0.29) is 11.8 Å². The molecule has 0 unspecified atom stereocenters. The Labute approximate surface area is 114 Å². The predicted molar refractivity (Wildman–Crippen MR) is 75.1 cm³/mol. The lowest BCUT2D eigenvalue weighted by Gasteiger charge is -2.30. The molecule has 0 saturated carbocycles. The van der Waals surface area contributed by atoms with Gasteiger partial charge in [-0.05, 0) is 38.1 Å². The van der Waals surface area contributed by atoms with Gasteiger partial charge in [0.1, 0.15) is 6.29 Å². The molecule has 1 fully saturated rings. The third-order valence-electron chi connectivity index (χ3n) is 3.70. The summed E-state index contributed by atoms with van der Waals surface area (Å²) < 4.78 is 0. The highest BCUT2D eigenvalue weighted by Gasteiger charge is 2.21. The van der Waals surface area contributed by atoms with Crippen LogP contribution in [0.2, 0.25) is 0 Å². The zero-order chi connectivity index (χ0) is 13.7. The summed E-state index contributed by atoms with van der Waals surface area (Å²) in [6, 6.07) is 9.64. The van der Waals surface area contributed by atoms with E-state index in [9.17, 15) is 9.59 Å². The first-order valence-electron chi connectivity index (χ1n) is 6.70. The largest absolute Gasteiger partial charge is 0.314 e. The highest BCUT2D eigenvalue weighted by Crippen LogP contribution is 2.16. The van der Waals surface area contributed by atoms with Gasteiger partial charge in [-0.1, -0.05) is 18.2 Å². The number of nitrogens with zero attached hydrogens (tertiary/aromatic N) is 2. The van der Waals surface area contributed by atoms with Gasteiger partial charge in [0.15, 0.2) is 0 Å². The maximum absolute atomic E-state index is 12.2. The van der Waals surface area contributed by atoms with Gasteiger partial charge in [0.25, 0.3) is 0 Å². The van der Waals surface area contributed by atoms with E-state index < -0.39 is 0 Å². The van der Waals surface area contributed by atoms with Crippen LogP contribution in [0.15, 0.2) is 30.3 Å². The first kappa shape index (κ1) is 13.7. The van der Waals surface area contributed by atoms with Gasteiger partial charge in [0.2, 0.25) is 5.91 Å². The Hall–Kier alpha value is -1.68. The van der Waals surface area contributed by atoms with E-state index in [0.717, 1.165) is 37.9 Å². The van der Waals surface area contributed by atoms with Gasteiger partial charge < -0.3 is 9.69 Å². The fraction of sp³-hybridized carbons (Fsp3) is 0.467. The molecule has 0 atom stereocenters. The fourth-order valence-corrected chi connectivity index (χ4v) is 2.34. The molecule has 1 heterocycles. The molecule has 2 rings (SSSR count). The Balaban J connectivity index is 1.86. The number of anilines is 1. The molecule has 0 bridgehead atoms. The van der Waals surface area contributed by atoms with Crippen molar-refractivity contribution < 1.29 is 9.59 Å². The second-order valence-corrected chi connectivity index (χ2v) is 5.04. The Kier molecular flexibility index (Phi) is 4.68. The molecule has 0 radical (unpaired) electrons. The van der Waals surface area contributed by atoms with Crippen molar-refractivity contribution in [1.29, 1.82) is 0 Å². The molecule has 4 nitrogen and oxygen atoms in total. The minimum absolute atomic E-state index is 0.0933. The Morgan fingerprint density at radius 3 is 2.53 bits per heavy atom. The van der Waals surface area contributed by atoms with Crippen molar-refractivity contribution in [1.82, 2.24) is 4.90 Å². The van der Waals surface area contributed by atoms with Gasteiger partial charge >= 0.3 is 0 Å². The number of para-hydroxylation sites is 1. The van der Waals surface area contributed by atoms with Gasteiger partial charge in [-0.3, -0.25) is 9.69 Å². The van der Waals surface area contributed by atoms with Crippen molar-refractivity contribution >= 4 is 17.9 Å². The van der Waals surface area contributed by atoms with Crippen LogP contribution in [0.1, 0.15) is 12.8 Å². The van der Waals surface area contributed by atoms with E-state index in [1.165, 1.54) is 0 Å². The number of hydrogen-bond acceptors (Lipinski definition) is 3. The maximum atomic E-state index is 12.2. The van der Waals surface area contributed by atoms with E-state index in [1.54, 1.807) is 11.9 Å². The van der Waals surface area contributed by atoms with Crippen LogP contribution in [0.3, 0.4) is 0 Å². The topological polar surface area (TPSA) is 40.6 Å². The highest BCUT2D eigenvalue weighted by molar-refractivity contribution is 5.94. The Morgan fingerprint density at radius 2 is 1.95 bits per heavy atom. The van der Waals surface area contributed by atoms with Gasteiger partial charge in [-0.2, -0.15) is 0 Å². The molecule has 4 heteroatoms. The Morgan fingerprint density at radius 1 is 1.32 bits per heavy atom. The minimum atomic E-state index is 0.0933. The second-order valence-electron chi connectivity index (χ2n) is 5.04. The predicted octanol–water partition coefficient (Wildman–Crippen LogP) is 1.56. The minimum Gasteiger partial charge on any atom is -0.314 e. The molecule has 1 aromatic carbocycles. The number of likely N-dealkylation sites (N-methyl/N-ethyl adjacent to an activating group) is 1. The lowest BCUT2D eigenvalue weighted by atomic mass is 9.99. The van der Waals surface area contributed by atoms with Crippen LogP contribution in [-0.4, -0.2) is 43.8 Å². The standard InChI is InChI=1S/C15H20N2O2/c1-16(14-5-3-2-4-6-14)15(19)11-17-9-7-13(12-18)8-10-17/h2-6,12-13H,7-11H2,1H3. The molecule has 0 aliphatic carbocycles. The van der Waals surface area contributed by atoms with E-state index >= 15 is 0 Å². The molecule has 1 aliphatic rings. The van der Waals surface area contributed by atoms with Gasteiger partial charge in [-0.15, -0.1) is 0 Å². The molecule has 1 amide bonds. The molecule has 1 saturated heterocycles. The normalized spacial score (nSPS) is 17.1. The summed E-state index contributed by atoms with van der Waals surface area (Å²) in [6.45, 7) is 2.09. The number of hydrogen-bond donors (Lipinski definition) is 0. The fourth-order valence-electron chi connectivity index (χ4n) is 2.34. The zero-order valence-electron chi connectivity index (χ0n) is 11.3. The lowest BCUT2D eigenvalue weighted by Crippen LogP contribution is -2.42. The number of carbonyl (C=O) groups excluding carboxylic acids is 2. The number of aldehydes is 1. The van der Waals surface area contributed by atoms with Crippen LogP contribution in [0.4, 0.5) is 5.69 Å². The van der Waals surface area contributed by atoms with E-state index in [4.69, 9.17) is 0 Å². The van der Waals surface area contributed by atoms with Crippen LogP contribution in [0, 0.1) is 5.92 Å². The van der Waals surface area contributed by atoms with Crippen molar-refractivity contribution in [3.63, 3.8) is 0 Å². The van der Waals surface area contributed by atoms with E-state index in [2.05, 4.69) is 4.90 Å². The van der Waals surface area contributed by atoms with Gasteiger partial charge in [-0.25, -0.2) is 0 Å². The summed E-state index contributed by atoms with van der Waals surface area (Å²) in [7, 11) is 1.80. The molecule has 102 valence electrons. The molecule has 0 spiro atoms. The number of carbonyl (C=O) groups is 2. The van der Waals surface area contributed by atoms with E-state index in [0.29, 0.717) is 6.54 Å². The van der Waals surface area contributed by atoms with Gasteiger partial charge in [0, 0.05) is 18.7 Å². The van der Waals surface area contributed by atoms with Crippen molar-refractivity contribution in [2.24, 2.45) is 5.92 Å². The SMILES string of the molecule is CN(C(=O)CN1CCC(C=O)CC1)c1ccccc1. The summed E-state index contributed by atoms with van der Waals surface area (Å²) in [6.07, 6.45) is 2.77. The summed E-state index contributed by atoms with van der Waals surface area (Å²) in [4.78, 5) is 26.7. The van der Waals surface area contributed by atoms with Crippen LogP contribution < -0.4 is 4.90 Å². The number of amides is 1. The molecule has 1 aromatic rings. The molecular formula is C15H20N2O2. The average molecular weight is 260 g/mol. The first-order valence-corrected chi connectivity index (χ1v) is 6.70. The van der Waals surface area contributed by atoms with Gasteiger partial charge in [0.05, 0.1) is 6.54 Å². The van der Waals surface area contributed by atoms with Crippen molar-refractivity contribution in [2.45, 2.75) is 12.8 Å². The van der Waals surface area contributed by atoms with Crippen LogP contribution >= 0.6 is 0 Å². The number of likely N-dealkylation sites (tertiary alicyclic amines) is 1. The molecular weight excluding hydrogens is 240 g/mol. The zero-order valence-corrected chi connectivity index (χ0v) is 11.3. The smallest absolute Gasteiger partial charge is 0.240 e. The maximum Gasteiger partial charge on any atom is 0.240 e. The summed E-state index contributed by atoms with van der Waals surface area (Å²) in [5.41, 5.74) is 0.912. The number of benzene rings is 1. The van der Waals surface area contributed by atoms with Crippen LogP contribution in [0.25, 0.3) is 0 Å². The Bertz CT molecular complexity index is 425. The molecule has 1 aliphatic heterocycles. The monoisotopic (exact) mass is 260 g/mol. The summed E-state index contributed by atoms with van der Waals surface area (Å²) >= 11 is 0. The van der Waals surface area contributed by atoms with Crippen molar-refractivity contribution in [3.8, 4) is 0 Å². The van der Waals surface area contributed by atoms with Crippen LogP contribution in [-0.2, 0) is 9.59 Å². The van der Waals surface area contributed by atoms with E-state index in [1.807, 2.05) is 30.3 Å². The summed E-state index contributed by atoms with van der Waals surface area (Å²) in [5.74, 6) is 0.272. The third-order valence-corrected chi connectivity index (χ3v) is 3.70. The van der Waals surface area contributed by atoms with Crippen LogP contribution in [0.5, 0.6) is 0 Å². The quantitative estimate of drug-likeness (QED) is 0.771. The molecule has 0 aromatic heterocycles. The summed E-state index contributed by atoms with van der Waals surface area (Å²) in [5, 5.41) is 0. The lowest BCUT2D eigenvalue weighted by molar-refractivity contribution is -0.120.